The summed E-state index contributed by atoms with van der Waals surface area (Å²) in [4.78, 5) is 11.5. The number of carbonyl (C=O) groups excluding carboxylic acids is 1. The minimum absolute atomic E-state index is 0.160. The van der Waals surface area contributed by atoms with Crippen molar-refractivity contribution >= 4 is 5.91 Å². The molecule has 0 spiro atoms. The summed E-state index contributed by atoms with van der Waals surface area (Å²) in [6.45, 7) is 0.400. The normalized spacial score (nSPS) is 11.6. The predicted octanol–water partition coefficient (Wildman–Crippen LogP) is 1.57. The number of nitrogens with one attached hydrogen (secondary N) is 1. The summed E-state index contributed by atoms with van der Waals surface area (Å²) in [7, 11) is 0. The molecule has 0 aromatic carbocycles. The molecule has 0 atom stereocenters. The van der Waals surface area contributed by atoms with Crippen LogP contribution >= 0.6 is 0 Å². The fourth-order valence-electron chi connectivity index (χ4n) is 1.62. The Bertz CT molecular complexity index is 418. The van der Waals surface area contributed by atoms with E-state index in [2.05, 4.69) is 10.4 Å². The molecule has 1 rings (SSSR count). The number of rotatable bonds is 8. The molecule has 0 unspecified atom stereocenters. The number of alkyl halides is 3. The second kappa shape index (κ2) is 7.88. The molecule has 0 saturated heterocycles. The molecule has 8 heteroatoms. The van der Waals surface area contributed by atoms with Crippen LogP contribution in [0, 0.1) is 0 Å². The Hall–Kier alpha value is -1.57. The summed E-state index contributed by atoms with van der Waals surface area (Å²) >= 11 is 0. The van der Waals surface area contributed by atoms with Crippen molar-refractivity contribution in [3.8, 4) is 0 Å². The molecule has 0 radical (unpaired) electrons. The molecular weight excluding hydrogens is 275 g/mol. The van der Waals surface area contributed by atoms with Crippen LogP contribution in [0.5, 0.6) is 0 Å². The standard InChI is InChI=1S/C12H18F3N3O2/c13-12(14,15)10-5-7-18(17-10)9-11(20)16-6-3-1-2-4-8-19/h5,7,19H,1-4,6,8-9H2,(H,16,20). The molecule has 5 nitrogen and oxygen atoms in total. The highest BCUT2D eigenvalue weighted by molar-refractivity contribution is 5.75. The van der Waals surface area contributed by atoms with Gasteiger partial charge in [-0.05, 0) is 18.9 Å². The molecule has 0 aliphatic heterocycles. The van der Waals surface area contributed by atoms with Crippen molar-refractivity contribution in [2.45, 2.75) is 38.4 Å². The van der Waals surface area contributed by atoms with Crippen molar-refractivity contribution in [1.82, 2.24) is 15.1 Å². The van der Waals surface area contributed by atoms with Crippen molar-refractivity contribution in [2.75, 3.05) is 13.2 Å². The largest absolute Gasteiger partial charge is 0.435 e. The van der Waals surface area contributed by atoms with Gasteiger partial charge in [-0.25, -0.2) is 0 Å². The maximum Gasteiger partial charge on any atom is 0.435 e. The van der Waals surface area contributed by atoms with E-state index in [9.17, 15) is 18.0 Å². The first-order valence-electron chi connectivity index (χ1n) is 6.41. The molecule has 0 bridgehead atoms. The van der Waals surface area contributed by atoms with Crippen molar-refractivity contribution < 1.29 is 23.1 Å². The van der Waals surface area contributed by atoms with Gasteiger partial charge in [-0.3, -0.25) is 9.48 Å². The number of aliphatic hydroxyl groups is 1. The number of hydrogen-bond donors (Lipinski definition) is 2. The number of aliphatic hydroxyl groups excluding tert-OH is 1. The zero-order valence-corrected chi connectivity index (χ0v) is 11.0. The predicted molar refractivity (Wildman–Crippen MR) is 65.8 cm³/mol. The molecule has 0 saturated carbocycles. The van der Waals surface area contributed by atoms with Gasteiger partial charge in [-0.2, -0.15) is 18.3 Å². The van der Waals surface area contributed by atoms with Crippen LogP contribution < -0.4 is 5.32 Å². The highest BCUT2D eigenvalue weighted by Gasteiger charge is 2.33. The average molecular weight is 293 g/mol. The molecule has 114 valence electrons. The molecule has 20 heavy (non-hydrogen) atoms. The van der Waals surface area contributed by atoms with E-state index in [0.29, 0.717) is 6.54 Å². The maximum atomic E-state index is 12.3. The van der Waals surface area contributed by atoms with Crippen LogP contribution in [0.2, 0.25) is 0 Å². The highest BCUT2D eigenvalue weighted by Crippen LogP contribution is 2.27. The van der Waals surface area contributed by atoms with Crippen LogP contribution in [-0.2, 0) is 17.5 Å². The van der Waals surface area contributed by atoms with E-state index in [1.807, 2.05) is 0 Å². The molecule has 2 N–H and O–H groups in total. The van der Waals surface area contributed by atoms with Crippen molar-refractivity contribution in [1.29, 1.82) is 0 Å². The summed E-state index contributed by atoms with van der Waals surface area (Å²) < 4.78 is 37.8. The minimum Gasteiger partial charge on any atom is -0.396 e. The molecule has 1 aromatic rings. The highest BCUT2D eigenvalue weighted by atomic mass is 19.4. The lowest BCUT2D eigenvalue weighted by atomic mass is 10.2. The van der Waals surface area contributed by atoms with Gasteiger partial charge in [-0.15, -0.1) is 0 Å². The number of halogens is 3. The Labute approximate surface area is 114 Å². The number of amides is 1. The SMILES string of the molecule is O=C(Cn1ccc(C(F)(F)F)n1)NCCCCCCO. The first-order chi connectivity index (χ1) is 9.43. The van der Waals surface area contributed by atoms with Crippen LogP contribution in [0.3, 0.4) is 0 Å². The Morgan fingerprint density at radius 1 is 1.30 bits per heavy atom. The summed E-state index contributed by atoms with van der Waals surface area (Å²) in [6.07, 6.45) is -0.0700. The van der Waals surface area contributed by atoms with Crippen molar-refractivity contribution in [3.63, 3.8) is 0 Å². The van der Waals surface area contributed by atoms with E-state index in [-0.39, 0.29) is 19.1 Å². The Kier molecular flexibility index (Phi) is 6.50. The topological polar surface area (TPSA) is 67.2 Å². The summed E-state index contributed by atoms with van der Waals surface area (Å²) in [5, 5.41) is 14.5. The van der Waals surface area contributed by atoms with E-state index < -0.39 is 11.9 Å². The number of hydrogen-bond acceptors (Lipinski definition) is 3. The smallest absolute Gasteiger partial charge is 0.396 e. The van der Waals surface area contributed by atoms with Crippen LogP contribution in [0.15, 0.2) is 12.3 Å². The third-order valence-electron chi connectivity index (χ3n) is 2.64. The van der Waals surface area contributed by atoms with Crippen LogP contribution in [0.1, 0.15) is 31.4 Å². The van der Waals surface area contributed by atoms with Crippen molar-refractivity contribution in [2.24, 2.45) is 0 Å². The third-order valence-corrected chi connectivity index (χ3v) is 2.64. The van der Waals surface area contributed by atoms with E-state index in [1.165, 1.54) is 0 Å². The van der Waals surface area contributed by atoms with Gasteiger partial charge < -0.3 is 10.4 Å². The molecule has 0 aliphatic carbocycles. The lowest BCUT2D eigenvalue weighted by Crippen LogP contribution is -2.28. The van der Waals surface area contributed by atoms with Gasteiger partial charge in [0.05, 0.1) is 0 Å². The number of unbranched alkanes of at least 4 members (excludes halogenated alkanes) is 3. The summed E-state index contributed by atoms with van der Waals surface area (Å²) in [6, 6.07) is 0.835. The fraction of sp³-hybridized carbons (Fsp3) is 0.667. The molecule has 1 heterocycles. The zero-order chi connectivity index (χ0) is 15.0. The Morgan fingerprint density at radius 3 is 2.60 bits per heavy atom. The van der Waals surface area contributed by atoms with Crippen molar-refractivity contribution in [3.05, 3.63) is 18.0 Å². The third kappa shape index (κ3) is 6.05. The van der Waals surface area contributed by atoms with Gasteiger partial charge in [-0.1, -0.05) is 12.8 Å². The van der Waals surface area contributed by atoms with E-state index in [0.717, 1.165) is 42.6 Å². The van der Waals surface area contributed by atoms with E-state index in [1.54, 1.807) is 0 Å². The van der Waals surface area contributed by atoms with Crippen LogP contribution in [-0.4, -0.2) is 33.9 Å². The van der Waals surface area contributed by atoms with Gasteiger partial charge in [0.25, 0.3) is 0 Å². The summed E-state index contributed by atoms with van der Waals surface area (Å²) in [5.74, 6) is -0.371. The zero-order valence-electron chi connectivity index (χ0n) is 11.0. The Balaban J connectivity index is 2.24. The molecule has 1 amide bonds. The van der Waals surface area contributed by atoms with E-state index in [4.69, 9.17) is 5.11 Å². The lowest BCUT2D eigenvalue weighted by Gasteiger charge is -2.05. The van der Waals surface area contributed by atoms with E-state index >= 15 is 0 Å². The minimum atomic E-state index is -4.49. The number of nitrogens with zero attached hydrogens (tertiary/aromatic N) is 2. The first-order valence-corrected chi connectivity index (χ1v) is 6.41. The summed E-state index contributed by atoms with van der Waals surface area (Å²) in [5.41, 5.74) is -1.01. The van der Waals surface area contributed by atoms with Gasteiger partial charge >= 0.3 is 6.18 Å². The molecular formula is C12H18F3N3O2. The molecule has 0 aliphatic rings. The van der Waals surface area contributed by atoms with Crippen LogP contribution in [0.25, 0.3) is 0 Å². The molecule has 0 fully saturated rings. The second-order valence-electron chi connectivity index (χ2n) is 4.38. The quantitative estimate of drug-likeness (QED) is 0.715. The number of aromatic nitrogens is 2. The monoisotopic (exact) mass is 293 g/mol. The second-order valence-corrected chi connectivity index (χ2v) is 4.38. The Morgan fingerprint density at radius 2 is 2.00 bits per heavy atom. The van der Waals surface area contributed by atoms with Gasteiger partial charge in [0.1, 0.15) is 6.54 Å². The van der Waals surface area contributed by atoms with Gasteiger partial charge in [0.2, 0.25) is 5.91 Å². The first kappa shape index (κ1) is 16.5. The lowest BCUT2D eigenvalue weighted by molar-refractivity contribution is -0.141. The van der Waals surface area contributed by atoms with Crippen LogP contribution in [0.4, 0.5) is 13.2 Å². The average Bonchev–Trinajstić information content (AvgIpc) is 2.82. The van der Waals surface area contributed by atoms with Gasteiger partial charge in [0.15, 0.2) is 5.69 Å². The van der Waals surface area contributed by atoms with Gasteiger partial charge in [0, 0.05) is 19.3 Å². The molecule has 1 aromatic heterocycles. The maximum absolute atomic E-state index is 12.3. The fourth-order valence-corrected chi connectivity index (χ4v) is 1.62. The number of carbonyl (C=O) groups is 1.